The molecule has 3 aliphatic rings. The van der Waals surface area contributed by atoms with Crippen LogP contribution in [0.5, 0.6) is 5.75 Å². The normalized spacial score (nSPS) is 25.8. The molecule has 2 fully saturated rings. The molecule has 186 valence electrons. The molecule has 1 aliphatic carbocycles. The monoisotopic (exact) mass is 486 g/mol. The van der Waals surface area contributed by atoms with Crippen LogP contribution in [0.25, 0.3) is 0 Å². The first kappa shape index (κ1) is 24.9. The van der Waals surface area contributed by atoms with Crippen LogP contribution in [0.2, 0.25) is 18.1 Å². The number of benzene rings is 1. The van der Waals surface area contributed by atoms with Crippen molar-refractivity contribution in [1.29, 1.82) is 0 Å². The number of β-lactam (4-membered cyclic amide) rings is 1. The summed E-state index contributed by atoms with van der Waals surface area (Å²) in [5.41, 5.74) is -0.534. The van der Waals surface area contributed by atoms with Gasteiger partial charge in [-0.2, -0.15) is 0 Å². The Morgan fingerprint density at radius 2 is 1.79 bits per heavy atom. The van der Waals surface area contributed by atoms with E-state index in [4.69, 9.17) is 9.16 Å². The number of nitrogens with one attached hydrogen (secondary N) is 1. The molecule has 0 unspecified atom stereocenters. The maximum absolute atomic E-state index is 13.9. The van der Waals surface area contributed by atoms with Gasteiger partial charge < -0.3 is 14.5 Å². The maximum Gasteiger partial charge on any atom is 0.267 e. The van der Waals surface area contributed by atoms with Crippen molar-refractivity contribution in [2.75, 3.05) is 0 Å². The van der Waals surface area contributed by atoms with Crippen molar-refractivity contribution < 1.29 is 23.5 Å². The quantitative estimate of drug-likeness (QED) is 0.490. The van der Waals surface area contributed by atoms with Crippen molar-refractivity contribution in [3.63, 3.8) is 0 Å². The Bertz CT molecular complexity index is 995. The maximum atomic E-state index is 13.9. The number of rotatable bonds is 5. The second-order valence-electron chi connectivity index (χ2n) is 11.7. The Labute approximate surface area is 203 Å². The highest BCUT2D eigenvalue weighted by atomic mass is 28.4. The number of para-hydroxylation sites is 1. The van der Waals surface area contributed by atoms with E-state index >= 15 is 0 Å². The first-order valence-corrected chi connectivity index (χ1v) is 15.3. The second kappa shape index (κ2) is 8.48. The zero-order valence-corrected chi connectivity index (χ0v) is 22.4. The lowest BCUT2D eigenvalue weighted by atomic mass is 9.78. The number of carbonyl (C=O) groups excluding carboxylic acids is 3. The molecule has 4 rings (SSSR count). The molecule has 2 heterocycles. The second-order valence-corrected chi connectivity index (χ2v) is 16.4. The summed E-state index contributed by atoms with van der Waals surface area (Å²) in [7, 11) is -2.09. The smallest absolute Gasteiger partial charge is 0.267 e. The van der Waals surface area contributed by atoms with E-state index < -0.39 is 25.9 Å². The Morgan fingerprint density at radius 3 is 2.38 bits per heavy atom. The molecule has 0 bridgehead atoms. The van der Waals surface area contributed by atoms with Crippen LogP contribution in [0, 0.1) is 11.8 Å². The Hall–Kier alpha value is -2.19. The lowest BCUT2D eigenvalue weighted by Gasteiger charge is -2.49. The lowest BCUT2D eigenvalue weighted by Crippen LogP contribution is -2.69. The molecule has 1 aromatic carbocycles. The molecule has 34 heavy (non-hydrogen) atoms. The van der Waals surface area contributed by atoms with Crippen molar-refractivity contribution >= 4 is 26.0 Å². The van der Waals surface area contributed by atoms with Gasteiger partial charge in [0.2, 0.25) is 11.8 Å². The Balaban J connectivity index is 1.58. The molecule has 1 N–H and O–H groups in total. The van der Waals surface area contributed by atoms with Gasteiger partial charge in [-0.1, -0.05) is 39.8 Å². The number of fused-ring (bicyclic) bond motifs is 1. The summed E-state index contributed by atoms with van der Waals surface area (Å²) in [5, 5.41) is 2.94. The summed E-state index contributed by atoms with van der Waals surface area (Å²) < 4.78 is 12.8. The van der Waals surface area contributed by atoms with Crippen LogP contribution in [0.15, 0.2) is 24.3 Å². The van der Waals surface area contributed by atoms with Crippen molar-refractivity contribution in [1.82, 2.24) is 10.2 Å². The van der Waals surface area contributed by atoms with E-state index in [-0.39, 0.29) is 34.9 Å². The first-order chi connectivity index (χ1) is 15.8. The first-order valence-electron chi connectivity index (χ1n) is 12.4. The summed E-state index contributed by atoms with van der Waals surface area (Å²) in [4.78, 5) is 41.4. The van der Waals surface area contributed by atoms with Gasteiger partial charge in [0.15, 0.2) is 14.0 Å². The number of amides is 3. The highest BCUT2D eigenvalue weighted by molar-refractivity contribution is 6.74. The summed E-state index contributed by atoms with van der Waals surface area (Å²) >= 11 is 0. The molecule has 1 aromatic rings. The van der Waals surface area contributed by atoms with Gasteiger partial charge in [-0.3, -0.25) is 14.4 Å². The van der Waals surface area contributed by atoms with Crippen LogP contribution in [-0.4, -0.2) is 48.8 Å². The van der Waals surface area contributed by atoms with E-state index in [0.29, 0.717) is 24.2 Å². The topological polar surface area (TPSA) is 84.9 Å². The fourth-order valence-electron chi connectivity index (χ4n) is 5.27. The van der Waals surface area contributed by atoms with Gasteiger partial charge in [0, 0.05) is 12.8 Å². The van der Waals surface area contributed by atoms with Crippen molar-refractivity contribution in [3.8, 4) is 5.75 Å². The van der Waals surface area contributed by atoms with E-state index in [1.165, 1.54) is 4.90 Å². The molecular weight excluding hydrogens is 448 g/mol. The molecule has 1 saturated carbocycles. The highest BCUT2D eigenvalue weighted by Gasteiger charge is 2.56. The number of nitrogens with zero attached hydrogens (tertiary/aromatic N) is 1. The molecule has 2 aliphatic heterocycles. The van der Waals surface area contributed by atoms with E-state index in [1.54, 1.807) is 25.1 Å². The summed E-state index contributed by atoms with van der Waals surface area (Å²) in [6, 6.07) is 6.73. The molecule has 0 radical (unpaired) electrons. The lowest BCUT2D eigenvalue weighted by molar-refractivity contribution is -0.157. The number of hydrogen-bond donors (Lipinski definition) is 1. The van der Waals surface area contributed by atoms with Gasteiger partial charge in [0.05, 0.1) is 29.5 Å². The minimum atomic E-state index is -2.09. The Morgan fingerprint density at radius 1 is 1.18 bits per heavy atom. The van der Waals surface area contributed by atoms with Gasteiger partial charge >= 0.3 is 0 Å². The van der Waals surface area contributed by atoms with E-state index in [2.05, 4.69) is 39.2 Å². The third-order valence-corrected chi connectivity index (χ3v) is 12.9. The van der Waals surface area contributed by atoms with Gasteiger partial charge in [0.1, 0.15) is 5.75 Å². The van der Waals surface area contributed by atoms with Gasteiger partial charge in [-0.25, -0.2) is 4.90 Å². The van der Waals surface area contributed by atoms with Crippen LogP contribution in [0.4, 0.5) is 0 Å². The average molecular weight is 487 g/mol. The van der Waals surface area contributed by atoms with Crippen LogP contribution < -0.4 is 10.1 Å². The van der Waals surface area contributed by atoms with Crippen molar-refractivity contribution in [2.24, 2.45) is 11.8 Å². The number of hydrogen-bond acceptors (Lipinski definition) is 5. The summed E-state index contributed by atoms with van der Waals surface area (Å²) in [6.07, 6.45) is 2.72. The zero-order valence-electron chi connectivity index (χ0n) is 21.4. The number of imide groups is 1. The van der Waals surface area contributed by atoms with Crippen molar-refractivity contribution in [2.45, 2.75) is 96.3 Å². The minimum absolute atomic E-state index is 0.0121. The molecule has 0 aromatic heterocycles. The van der Waals surface area contributed by atoms with Crippen LogP contribution in [-0.2, 0) is 14.0 Å². The predicted octanol–water partition coefficient (Wildman–Crippen LogP) is 4.48. The number of ether oxygens (including phenoxy) is 1. The molecule has 7 nitrogen and oxygen atoms in total. The third kappa shape index (κ3) is 3.98. The van der Waals surface area contributed by atoms with Crippen molar-refractivity contribution in [3.05, 3.63) is 29.8 Å². The standard InChI is InChI=1S/C26H38N2O5Si/c1-16(21-20(22(29)27-21)17(2)33-34(6,7)25(3,4)5)23(30)28-24(31)18-12-8-9-13-19(18)32-26(28)14-10-11-15-26/h8-9,12-13,16-17,20-21H,10-11,14-15H2,1-7H3,(H,27,29)/t16-,17-,20-,21-/m1/s1. The fraction of sp³-hybridized carbons (Fsp3) is 0.654. The zero-order chi connectivity index (χ0) is 25.1. The van der Waals surface area contributed by atoms with E-state index in [1.807, 2.05) is 13.0 Å². The SMILES string of the molecule is C[C@@H](O[Si](C)(C)C(C)(C)C)[C@H]1C(=O)N[C@@H]1[C@@H](C)C(=O)N1C(=O)c2ccccc2OC12CCCC2. The Kier molecular flexibility index (Phi) is 6.22. The van der Waals surface area contributed by atoms with Crippen LogP contribution in [0.1, 0.15) is 70.7 Å². The summed E-state index contributed by atoms with van der Waals surface area (Å²) in [5.74, 6) is -1.18. The van der Waals surface area contributed by atoms with Gasteiger partial charge in [-0.05, 0) is 50.0 Å². The molecular formula is C26H38N2O5Si. The van der Waals surface area contributed by atoms with E-state index in [9.17, 15) is 14.4 Å². The van der Waals surface area contributed by atoms with Gasteiger partial charge in [-0.15, -0.1) is 0 Å². The number of carbonyl (C=O) groups is 3. The third-order valence-electron chi connectivity index (χ3n) is 8.35. The van der Waals surface area contributed by atoms with Crippen LogP contribution >= 0.6 is 0 Å². The summed E-state index contributed by atoms with van der Waals surface area (Å²) in [6.45, 7) is 14.5. The predicted molar refractivity (Wildman–Crippen MR) is 132 cm³/mol. The van der Waals surface area contributed by atoms with E-state index in [0.717, 1.165) is 12.8 Å². The fourth-order valence-corrected chi connectivity index (χ4v) is 6.70. The van der Waals surface area contributed by atoms with Gasteiger partial charge in [0.25, 0.3) is 5.91 Å². The molecule has 8 heteroatoms. The highest BCUT2D eigenvalue weighted by Crippen LogP contribution is 2.45. The molecule has 4 atom stereocenters. The average Bonchev–Trinajstić information content (AvgIpc) is 3.18. The minimum Gasteiger partial charge on any atom is -0.467 e. The molecule has 1 spiro atoms. The molecule has 1 saturated heterocycles. The van der Waals surface area contributed by atoms with Crippen LogP contribution in [0.3, 0.4) is 0 Å². The molecule has 3 amide bonds. The largest absolute Gasteiger partial charge is 0.467 e.